The maximum absolute atomic E-state index is 12.5. The van der Waals surface area contributed by atoms with Gasteiger partial charge in [-0.05, 0) is 30.9 Å². The van der Waals surface area contributed by atoms with Crippen LogP contribution in [0, 0.1) is 5.92 Å². The molecule has 2 rings (SSSR count). The van der Waals surface area contributed by atoms with Crippen LogP contribution in [0.15, 0.2) is 17.0 Å². The molecule has 0 heterocycles. The van der Waals surface area contributed by atoms with Gasteiger partial charge in [-0.25, -0.2) is 13.1 Å². The molecule has 0 bridgehead atoms. The summed E-state index contributed by atoms with van der Waals surface area (Å²) in [7, 11) is -3.65. The first-order valence-electron chi connectivity index (χ1n) is 6.56. The van der Waals surface area contributed by atoms with Gasteiger partial charge in [0.1, 0.15) is 4.90 Å². The average Bonchev–Trinajstić information content (AvgIpc) is 2.74. The summed E-state index contributed by atoms with van der Waals surface area (Å²) in [5.41, 5.74) is 6.02. The second-order valence-corrected chi connectivity index (χ2v) is 7.65. The zero-order valence-corrected chi connectivity index (χ0v) is 13.5. The van der Waals surface area contributed by atoms with Crippen molar-refractivity contribution in [3.63, 3.8) is 0 Å². The molecule has 1 aromatic carbocycles. The number of benzene rings is 1. The van der Waals surface area contributed by atoms with Crippen molar-refractivity contribution in [2.24, 2.45) is 11.7 Å². The number of rotatable bonds is 4. The number of sulfonamides is 1. The molecule has 0 amide bonds. The van der Waals surface area contributed by atoms with Gasteiger partial charge in [-0.15, -0.1) is 0 Å². The molecule has 20 heavy (non-hydrogen) atoms. The van der Waals surface area contributed by atoms with Gasteiger partial charge < -0.3 is 5.73 Å². The van der Waals surface area contributed by atoms with Crippen molar-refractivity contribution in [3.05, 3.63) is 27.7 Å². The van der Waals surface area contributed by atoms with E-state index in [9.17, 15) is 8.42 Å². The maximum atomic E-state index is 12.5. The molecule has 2 atom stereocenters. The van der Waals surface area contributed by atoms with E-state index in [0.29, 0.717) is 16.5 Å². The van der Waals surface area contributed by atoms with Crippen LogP contribution in [0.1, 0.15) is 31.7 Å². The van der Waals surface area contributed by atoms with Crippen LogP contribution in [0.5, 0.6) is 0 Å². The predicted molar refractivity (Wildman–Crippen MR) is 81.5 cm³/mol. The second kappa shape index (κ2) is 6.20. The Labute approximate surface area is 129 Å². The van der Waals surface area contributed by atoms with Gasteiger partial charge in [0.05, 0.1) is 5.02 Å². The zero-order valence-electron chi connectivity index (χ0n) is 11.2. The van der Waals surface area contributed by atoms with Crippen molar-refractivity contribution in [1.29, 1.82) is 0 Å². The summed E-state index contributed by atoms with van der Waals surface area (Å²) >= 11 is 12.1. The van der Waals surface area contributed by atoms with Crippen LogP contribution in [-0.2, 0) is 16.6 Å². The minimum absolute atomic E-state index is 0.0342. The van der Waals surface area contributed by atoms with Crippen LogP contribution in [0.3, 0.4) is 0 Å². The van der Waals surface area contributed by atoms with Gasteiger partial charge in [-0.1, -0.05) is 36.5 Å². The summed E-state index contributed by atoms with van der Waals surface area (Å²) in [5.74, 6) is 0.338. The Morgan fingerprint density at radius 3 is 2.60 bits per heavy atom. The molecule has 1 aliphatic carbocycles. The topological polar surface area (TPSA) is 72.2 Å². The van der Waals surface area contributed by atoms with Gasteiger partial charge in [0.15, 0.2) is 0 Å². The molecule has 2 unspecified atom stereocenters. The summed E-state index contributed by atoms with van der Waals surface area (Å²) in [6, 6.07) is 2.90. The highest BCUT2D eigenvalue weighted by atomic mass is 35.5. The molecule has 0 aliphatic heterocycles. The SMILES string of the molecule is CC1CCCC1NS(=O)(=O)c1ccc(Cl)c(CN)c1Cl. The Hall–Kier alpha value is -0.330. The van der Waals surface area contributed by atoms with E-state index in [-0.39, 0.29) is 22.5 Å². The summed E-state index contributed by atoms with van der Waals surface area (Å²) in [6.07, 6.45) is 2.93. The molecule has 0 spiro atoms. The number of nitrogens with two attached hydrogens (primary N) is 1. The van der Waals surface area contributed by atoms with E-state index >= 15 is 0 Å². The van der Waals surface area contributed by atoms with Crippen LogP contribution >= 0.6 is 23.2 Å². The Kier molecular flexibility index (Phi) is 4.97. The lowest BCUT2D eigenvalue weighted by molar-refractivity contribution is 0.476. The number of nitrogens with one attached hydrogen (secondary N) is 1. The second-order valence-electron chi connectivity index (χ2n) is 5.18. The van der Waals surface area contributed by atoms with Gasteiger partial charge in [0.25, 0.3) is 0 Å². The maximum Gasteiger partial charge on any atom is 0.242 e. The first kappa shape index (κ1) is 16.0. The van der Waals surface area contributed by atoms with Crippen molar-refractivity contribution in [1.82, 2.24) is 4.72 Å². The molecular formula is C13H18Cl2N2O2S. The lowest BCUT2D eigenvalue weighted by atomic mass is 10.1. The molecule has 112 valence electrons. The van der Waals surface area contributed by atoms with Gasteiger partial charge in [0.2, 0.25) is 10.0 Å². The summed E-state index contributed by atoms with van der Waals surface area (Å²) in [4.78, 5) is 0.0446. The molecule has 1 fully saturated rings. The number of halogens is 2. The van der Waals surface area contributed by atoms with Crippen molar-refractivity contribution in [3.8, 4) is 0 Å². The van der Waals surface area contributed by atoms with Crippen molar-refractivity contribution in [2.75, 3.05) is 0 Å². The lowest BCUT2D eigenvalue weighted by Crippen LogP contribution is -2.36. The zero-order chi connectivity index (χ0) is 14.9. The van der Waals surface area contributed by atoms with Gasteiger partial charge >= 0.3 is 0 Å². The Bertz CT molecular complexity index is 605. The van der Waals surface area contributed by atoms with Gasteiger partial charge in [-0.2, -0.15) is 0 Å². The normalized spacial score (nSPS) is 23.2. The average molecular weight is 337 g/mol. The van der Waals surface area contributed by atoms with Crippen LogP contribution in [-0.4, -0.2) is 14.5 Å². The smallest absolute Gasteiger partial charge is 0.242 e. The van der Waals surface area contributed by atoms with Crippen molar-refractivity contribution < 1.29 is 8.42 Å². The van der Waals surface area contributed by atoms with Crippen molar-refractivity contribution in [2.45, 2.75) is 43.7 Å². The fourth-order valence-electron chi connectivity index (χ4n) is 2.55. The van der Waals surface area contributed by atoms with E-state index in [4.69, 9.17) is 28.9 Å². The predicted octanol–water partition coefficient (Wildman–Crippen LogP) is 2.92. The summed E-state index contributed by atoms with van der Waals surface area (Å²) in [5, 5.41) is 0.490. The Balaban J connectivity index is 2.35. The highest BCUT2D eigenvalue weighted by Crippen LogP contribution is 2.32. The highest BCUT2D eigenvalue weighted by Gasteiger charge is 2.30. The third-order valence-electron chi connectivity index (χ3n) is 3.81. The minimum Gasteiger partial charge on any atom is -0.326 e. The largest absolute Gasteiger partial charge is 0.326 e. The molecule has 3 N–H and O–H groups in total. The van der Waals surface area contributed by atoms with Gasteiger partial charge in [-0.3, -0.25) is 0 Å². The van der Waals surface area contributed by atoms with E-state index in [1.165, 1.54) is 12.1 Å². The standard InChI is InChI=1S/C13H18Cl2N2O2S/c1-8-3-2-4-11(8)17-20(18,19)12-6-5-10(14)9(7-16)13(12)15/h5-6,8,11,17H,2-4,7,16H2,1H3. The van der Waals surface area contributed by atoms with E-state index in [0.717, 1.165) is 19.3 Å². The van der Waals surface area contributed by atoms with Crippen LogP contribution in [0.25, 0.3) is 0 Å². The first-order valence-corrected chi connectivity index (χ1v) is 8.80. The fourth-order valence-corrected chi connectivity index (χ4v) is 4.87. The molecule has 0 saturated heterocycles. The molecule has 7 heteroatoms. The molecule has 1 saturated carbocycles. The van der Waals surface area contributed by atoms with E-state index in [1.807, 2.05) is 0 Å². The van der Waals surface area contributed by atoms with Gasteiger partial charge in [0, 0.05) is 23.2 Å². The minimum atomic E-state index is -3.65. The number of hydrogen-bond donors (Lipinski definition) is 2. The third kappa shape index (κ3) is 3.12. The molecular weight excluding hydrogens is 319 g/mol. The third-order valence-corrected chi connectivity index (χ3v) is 6.24. The summed E-state index contributed by atoms with van der Waals surface area (Å²) in [6.45, 7) is 2.15. The first-order chi connectivity index (χ1) is 9.36. The van der Waals surface area contributed by atoms with E-state index in [2.05, 4.69) is 11.6 Å². The molecule has 0 radical (unpaired) electrons. The quantitative estimate of drug-likeness (QED) is 0.887. The highest BCUT2D eigenvalue weighted by molar-refractivity contribution is 7.89. The molecule has 1 aromatic rings. The van der Waals surface area contributed by atoms with Crippen LogP contribution in [0.4, 0.5) is 0 Å². The van der Waals surface area contributed by atoms with E-state index < -0.39 is 10.0 Å². The Morgan fingerprint density at radius 1 is 1.35 bits per heavy atom. The molecule has 4 nitrogen and oxygen atoms in total. The van der Waals surface area contributed by atoms with Crippen LogP contribution in [0.2, 0.25) is 10.0 Å². The molecule has 1 aliphatic rings. The summed E-state index contributed by atoms with van der Waals surface area (Å²) < 4.78 is 27.6. The van der Waals surface area contributed by atoms with E-state index in [1.54, 1.807) is 0 Å². The molecule has 0 aromatic heterocycles. The monoisotopic (exact) mass is 336 g/mol. The lowest BCUT2D eigenvalue weighted by Gasteiger charge is -2.18. The van der Waals surface area contributed by atoms with Crippen LogP contribution < -0.4 is 10.5 Å². The number of hydrogen-bond acceptors (Lipinski definition) is 3. The van der Waals surface area contributed by atoms with Crippen molar-refractivity contribution >= 4 is 33.2 Å². The fraction of sp³-hybridized carbons (Fsp3) is 0.538. The Morgan fingerprint density at radius 2 is 2.05 bits per heavy atom.